The molecule has 1 aromatic rings. The van der Waals surface area contributed by atoms with Gasteiger partial charge in [-0.3, -0.25) is 0 Å². The highest BCUT2D eigenvalue weighted by molar-refractivity contribution is 5.49. The van der Waals surface area contributed by atoms with Gasteiger partial charge in [0.05, 0.1) is 23.9 Å². The molecule has 0 saturated carbocycles. The van der Waals surface area contributed by atoms with Crippen molar-refractivity contribution < 1.29 is 22.3 Å². The molecule has 0 aliphatic rings. The predicted molar refractivity (Wildman–Crippen MR) is 61.1 cm³/mol. The monoisotopic (exact) mass is 276 g/mol. The van der Waals surface area contributed by atoms with Crippen molar-refractivity contribution in [2.24, 2.45) is 0 Å². The number of alkyl halides is 3. The third kappa shape index (κ3) is 5.57. The molecule has 0 spiro atoms. The molecule has 1 rings (SSSR count). The lowest BCUT2D eigenvalue weighted by Crippen LogP contribution is -2.26. The van der Waals surface area contributed by atoms with E-state index in [9.17, 15) is 17.6 Å². The van der Waals surface area contributed by atoms with E-state index in [-0.39, 0.29) is 17.9 Å². The van der Waals surface area contributed by atoms with Crippen LogP contribution in [0.15, 0.2) is 18.2 Å². The maximum Gasteiger partial charge on any atom is 0.411 e. The summed E-state index contributed by atoms with van der Waals surface area (Å²) in [5, 5.41) is 11.2. The maximum atomic E-state index is 13.5. The number of nitrogens with zero attached hydrogens (tertiary/aromatic N) is 1. The summed E-state index contributed by atoms with van der Waals surface area (Å²) >= 11 is 0. The lowest BCUT2D eigenvalue weighted by atomic mass is 10.2. The first-order valence-electron chi connectivity index (χ1n) is 5.42. The Kier molecular flexibility index (Phi) is 5.12. The van der Waals surface area contributed by atoms with Gasteiger partial charge in [0.25, 0.3) is 0 Å². The van der Waals surface area contributed by atoms with E-state index < -0.39 is 24.6 Å². The standard InChI is InChI=1S/C12H12F4N2O/c1-8(6-19-7-12(14,15)16)18-11-3-2-9(5-17)4-10(11)13/h2-4,8,18H,6-7H2,1H3/t8-/m1/s1. The maximum absolute atomic E-state index is 13.5. The highest BCUT2D eigenvalue weighted by Crippen LogP contribution is 2.17. The molecule has 1 aromatic carbocycles. The normalized spacial score (nSPS) is 12.8. The molecule has 0 aromatic heterocycles. The third-order valence-electron chi connectivity index (χ3n) is 2.13. The number of nitriles is 1. The predicted octanol–water partition coefficient (Wildman–Crippen LogP) is 3.08. The van der Waals surface area contributed by atoms with Crippen LogP contribution in [0.4, 0.5) is 23.2 Å². The van der Waals surface area contributed by atoms with Crippen molar-refractivity contribution >= 4 is 5.69 Å². The number of benzene rings is 1. The quantitative estimate of drug-likeness (QED) is 0.841. The van der Waals surface area contributed by atoms with E-state index in [2.05, 4.69) is 10.1 Å². The molecule has 104 valence electrons. The lowest BCUT2D eigenvalue weighted by molar-refractivity contribution is -0.174. The van der Waals surface area contributed by atoms with Gasteiger partial charge in [0.1, 0.15) is 12.4 Å². The number of nitrogens with one attached hydrogen (secondary N) is 1. The van der Waals surface area contributed by atoms with E-state index in [1.54, 1.807) is 13.0 Å². The van der Waals surface area contributed by atoms with Gasteiger partial charge in [-0.25, -0.2) is 4.39 Å². The first-order valence-corrected chi connectivity index (χ1v) is 5.42. The molecule has 1 atom stereocenters. The van der Waals surface area contributed by atoms with Crippen LogP contribution in [0.2, 0.25) is 0 Å². The Balaban J connectivity index is 2.49. The molecule has 0 bridgehead atoms. The van der Waals surface area contributed by atoms with Gasteiger partial charge >= 0.3 is 6.18 Å². The molecule has 0 heterocycles. The van der Waals surface area contributed by atoms with Crippen molar-refractivity contribution in [3.63, 3.8) is 0 Å². The minimum absolute atomic E-state index is 0.113. The second-order valence-corrected chi connectivity index (χ2v) is 3.98. The summed E-state index contributed by atoms with van der Waals surface area (Å²) in [5.74, 6) is -0.637. The van der Waals surface area contributed by atoms with Crippen LogP contribution >= 0.6 is 0 Å². The summed E-state index contributed by atoms with van der Waals surface area (Å²) in [7, 11) is 0. The Labute approximate surface area is 107 Å². The molecule has 1 N–H and O–H groups in total. The van der Waals surface area contributed by atoms with Crippen LogP contribution in [0.1, 0.15) is 12.5 Å². The molecule has 0 unspecified atom stereocenters. The fraction of sp³-hybridized carbons (Fsp3) is 0.417. The summed E-state index contributed by atoms with van der Waals surface area (Å²) in [6, 6.07) is 5.10. The fourth-order valence-electron chi connectivity index (χ4n) is 1.36. The Morgan fingerprint density at radius 3 is 2.63 bits per heavy atom. The number of rotatable bonds is 5. The lowest BCUT2D eigenvalue weighted by Gasteiger charge is -2.16. The molecule has 19 heavy (non-hydrogen) atoms. The van der Waals surface area contributed by atoms with Gasteiger partial charge in [-0.05, 0) is 25.1 Å². The molecule has 0 aliphatic heterocycles. The number of hydrogen-bond donors (Lipinski definition) is 1. The average Bonchev–Trinajstić information content (AvgIpc) is 2.30. The number of hydrogen-bond acceptors (Lipinski definition) is 3. The first-order chi connectivity index (χ1) is 8.81. The van der Waals surface area contributed by atoms with Gasteiger partial charge in [-0.15, -0.1) is 0 Å². The van der Waals surface area contributed by atoms with Crippen molar-refractivity contribution in [1.82, 2.24) is 0 Å². The van der Waals surface area contributed by atoms with Crippen LogP contribution in [0.3, 0.4) is 0 Å². The van der Waals surface area contributed by atoms with Crippen LogP contribution in [-0.2, 0) is 4.74 Å². The molecular formula is C12H12F4N2O. The summed E-state index contributed by atoms with van der Waals surface area (Å²) < 4.78 is 53.5. The Morgan fingerprint density at radius 2 is 2.11 bits per heavy atom. The number of ether oxygens (including phenoxy) is 1. The van der Waals surface area contributed by atoms with Gasteiger partial charge in [0.2, 0.25) is 0 Å². The summed E-state index contributed by atoms with van der Waals surface area (Å²) in [6.45, 7) is 0.0157. The highest BCUT2D eigenvalue weighted by Gasteiger charge is 2.27. The van der Waals surface area contributed by atoms with Gasteiger partial charge in [-0.1, -0.05) is 0 Å². The zero-order valence-corrected chi connectivity index (χ0v) is 10.1. The minimum Gasteiger partial charge on any atom is -0.378 e. The van der Waals surface area contributed by atoms with Crippen LogP contribution in [0.25, 0.3) is 0 Å². The SMILES string of the molecule is C[C@H](COCC(F)(F)F)Nc1ccc(C#N)cc1F. The van der Waals surface area contributed by atoms with E-state index in [0.717, 1.165) is 6.07 Å². The fourth-order valence-corrected chi connectivity index (χ4v) is 1.36. The van der Waals surface area contributed by atoms with E-state index in [1.165, 1.54) is 12.1 Å². The second kappa shape index (κ2) is 6.38. The van der Waals surface area contributed by atoms with E-state index in [0.29, 0.717) is 0 Å². The smallest absolute Gasteiger partial charge is 0.378 e. The third-order valence-corrected chi connectivity index (χ3v) is 2.13. The van der Waals surface area contributed by atoms with Gasteiger partial charge in [-0.2, -0.15) is 18.4 Å². The molecule has 0 aliphatic carbocycles. The Bertz CT molecular complexity index is 468. The zero-order chi connectivity index (χ0) is 14.5. The number of anilines is 1. The van der Waals surface area contributed by atoms with Gasteiger partial charge < -0.3 is 10.1 Å². The van der Waals surface area contributed by atoms with E-state index in [1.807, 2.05) is 0 Å². The molecule has 0 radical (unpaired) electrons. The summed E-state index contributed by atoms with van der Waals surface area (Å²) in [6.07, 6.45) is -4.38. The highest BCUT2D eigenvalue weighted by atomic mass is 19.4. The second-order valence-electron chi connectivity index (χ2n) is 3.98. The zero-order valence-electron chi connectivity index (χ0n) is 10.1. The molecule has 0 saturated heterocycles. The van der Waals surface area contributed by atoms with Gasteiger partial charge in [0, 0.05) is 6.04 Å². The van der Waals surface area contributed by atoms with Crippen LogP contribution in [-0.4, -0.2) is 25.4 Å². The van der Waals surface area contributed by atoms with E-state index >= 15 is 0 Å². The molecular weight excluding hydrogens is 264 g/mol. The Morgan fingerprint density at radius 1 is 1.42 bits per heavy atom. The summed E-state index contributed by atoms with van der Waals surface area (Å²) in [5.41, 5.74) is 0.283. The van der Waals surface area contributed by atoms with Crippen LogP contribution in [0, 0.1) is 17.1 Å². The molecule has 0 amide bonds. The van der Waals surface area contributed by atoms with E-state index in [4.69, 9.17) is 5.26 Å². The van der Waals surface area contributed by atoms with Crippen molar-refractivity contribution in [2.75, 3.05) is 18.5 Å². The van der Waals surface area contributed by atoms with Gasteiger partial charge in [0.15, 0.2) is 0 Å². The molecule has 3 nitrogen and oxygen atoms in total. The Hall–Kier alpha value is -1.81. The van der Waals surface area contributed by atoms with Crippen molar-refractivity contribution in [2.45, 2.75) is 19.1 Å². The minimum atomic E-state index is -4.38. The van der Waals surface area contributed by atoms with Crippen molar-refractivity contribution in [3.05, 3.63) is 29.6 Å². The van der Waals surface area contributed by atoms with Crippen molar-refractivity contribution in [3.8, 4) is 6.07 Å². The largest absolute Gasteiger partial charge is 0.411 e. The van der Waals surface area contributed by atoms with Crippen LogP contribution < -0.4 is 5.32 Å². The van der Waals surface area contributed by atoms with Crippen molar-refractivity contribution in [1.29, 1.82) is 5.26 Å². The topological polar surface area (TPSA) is 45.0 Å². The molecule has 7 heteroatoms. The first kappa shape index (κ1) is 15.2. The average molecular weight is 276 g/mol. The summed E-state index contributed by atoms with van der Waals surface area (Å²) in [4.78, 5) is 0. The number of halogens is 4. The van der Waals surface area contributed by atoms with Crippen LogP contribution in [0.5, 0.6) is 0 Å². The molecule has 0 fully saturated rings.